The third-order valence-corrected chi connectivity index (χ3v) is 7.48. The van der Waals surface area contributed by atoms with E-state index in [2.05, 4.69) is 5.32 Å². The number of likely N-dealkylation sites (N-methyl/N-ethyl adjacent to an activating group) is 1. The van der Waals surface area contributed by atoms with Crippen LogP contribution in [0.15, 0.2) is 89.8 Å². The molecule has 3 aromatic rings. The van der Waals surface area contributed by atoms with Crippen LogP contribution in [0.3, 0.4) is 0 Å². The normalized spacial score (nSPS) is 12.0. The van der Waals surface area contributed by atoms with Gasteiger partial charge >= 0.3 is 0 Å². The lowest BCUT2D eigenvalue weighted by atomic mass is 10.1. The molecule has 8 heteroatoms. The van der Waals surface area contributed by atoms with E-state index in [-0.39, 0.29) is 17.3 Å². The molecule has 2 amide bonds. The number of nitrogens with zero attached hydrogens (tertiary/aromatic N) is 2. The van der Waals surface area contributed by atoms with Crippen molar-refractivity contribution in [2.75, 3.05) is 17.4 Å². The number of hydrogen-bond donors (Lipinski definition) is 1. The molecule has 1 unspecified atom stereocenters. The SMILES string of the molecule is CCNC(=O)C(C)N(Cc1ccccc1)C(=O)CN(c1ccccc1C)S(=O)(=O)c1ccccc1. The smallest absolute Gasteiger partial charge is 0.264 e. The van der Waals surface area contributed by atoms with E-state index < -0.39 is 28.5 Å². The number of sulfonamides is 1. The third-order valence-electron chi connectivity index (χ3n) is 5.71. The number of hydrogen-bond acceptors (Lipinski definition) is 4. The molecule has 0 bridgehead atoms. The van der Waals surface area contributed by atoms with Crippen molar-refractivity contribution in [3.05, 3.63) is 96.1 Å². The Bertz CT molecular complexity index is 1250. The fourth-order valence-electron chi connectivity index (χ4n) is 3.76. The van der Waals surface area contributed by atoms with Gasteiger partial charge in [-0.25, -0.2) is 8.42 Å². The summed E-state index contributed by atoms with van der Waals surface area (Å²) in [5.41, 5.74) is 1.96. The number of rotatable bonds is 10. The van der Waals surface area contributed by atoms with Crippen molar-refractivity contribution in [1.82, 2.24) is 10.2 Å². The Morgan fingerprint density at radius 1 is 0.886 bits per heavy atom. The van der Waals surface area contributed by atoms with Crippen LogP contribution in [0.4, 0.5) is 5.69 Å². The lowest BCUT2D eigenvalue weighted by molar-refractivity contribution is -0.139. The van der Waals surface area contributed by atoms with Gasteiger partial charge < -0.3 is 10.2 Å². The topological polar surface area (TPSA) is 86.8 Å². The molecule has 0 aliphatic carbocycles. The van der Waals surface area contributed by atoms with Crippen LogP contribution in [0.2, 0.25) is 0 Å². The van der Waals surface area contributed by atoms with E-state index in [1.807, 2.05) is 36.4 Å². The van der Waals surface area contributed by atoms with Gasteiger partial charge in [-0.3, -0.25) is 13.9 Å². The molecule has 0 aliphatic heterocycles. The Morgan fingerprint density at radius 3 is 2.06 bits per heavy atom. The zero-order valence-electron chi connectivity index (χ0n) is 20.2. The van der Waals surface area contributed by atoms with Crippen molar-refractivity contribution >= 4 is 27.5 Å². The summed E-state index contributed by atoms with van der Waals surface area (Å²) >= 11 is 0. The second kappa shape index (κ2) is 11.7. The van der Waals surface area contributed by atoms with Gasteiger partial charge in [-0.1, -0.05) is 66.7 Å². The average molecular weight is 494 g/mol. The molecule has 1 N–H and O–H groups in total. The quantitative estimate of drug-likeness (QED) is 0.466. The highest BCUT2D eigenvalue weighted by atomic mass is 32.2. The van der Waals surface area contributed by atoms with Gasteiger partial charge in [-0.2, -0.15) is 0 Å². The molecule has 0 aliphatic rings. The first-order valence-corrected chi connectivity index (χ1v) is 12.9. The number of anilines is 1. The van der Waals surface area contributed by atoms with Gasteiger partial charge in [0.1, 0.15) is 12.6 Å². The lowest BCUT2D eigenvalue weighted by Crippen LogP contribution is -2.51. The Morgan fingerprint density at radius 2 is 1.46 bits per heavy atom. The molecule has 0 fully saturated rings. The second-order valence-electron chi connectivity index (χ2n) is 8.19. The maximum absolute atomic E-state index is 13.7. The monoisotopic (exact) mass is 493 g/mol. The first kappa shape index (κ1) is 26.0. The highest BCUT2D eigenvalue weighted by Gasteiger charge is 2.32. The molecule has 0 spiro atoms. The Hall–Kier alpha value is -3.65. The standard InChI is InChI=1S/C27H31N3O4S/c1-4-28-27(32)22(3)29(19-23-14-7-5-8-15-23)26(31)20-30(25-18-12-11-13-21(25)2)35(33,34)24-16-9-6-10-17-24/h5-18,22H,4,19-20H2,1-3H3,(H,28,32). The molecular weight excluding hydrogens is 462 g/mol. The fraction of sp³-hybridized carbons (Fsp3) is 0.259. The zero-order valence-corrected chi connectivity index (χ0v) is 21.0. The fourth-order valence-corrected chi connectivity index (χ4v) is 5.26. The van der Waals surface area contributed by atoms with Crippen LogP contribution >= 0.6 is 0 Å². The highest BCUT2D eigenvalue weighted by Crippen LogP contribution is 2.27. The second-order valence-corrected chi connectivity index (χ2v) is 10.1. The van der Waals surface area contributed by atoms with E-state index >= 15 is 0 Å². The first-order chi connectivity index (χ1) is 16.8. The molecule has 0 aromatic heterocycles. The van der Waals surface area contributed by atoms with Crippen molar-refractivity contribution in [2.24, 2.45) is 0 Å². The number of para-hydroxylation sites is 1. The van der Waals surface area contributed by atoms with Crippen LogP contribution < -0.4 is 9.62 Å². The number of carbonyl (C=O) groups is 2. The van der Waals surface area contributed by atoms with E-state index in [9.17, 15) is 18.0 Å². The predicted octanol–water partition coefficient (Wildman–Crippen LogP) is 3.74. The zero-order chi connectivity index (χ0) is 25.4. The number of nitrogens with one attached hydrogen (secondary N) is 1. The molecule has 184 valence electrons. The Labute approximate surface area is 207 Å². The van der Waals surface area contributed by atoms with Gasteiger partial charge in [0.25, 0.3) is 10.0 Å². The largest absolute Gasteiger partial charge is 0.355 e. The molecule has 0 saturated carbocycles. The Kier molecular flexibility index (Phi) is 8.65. The molecule has 3 aromatic carbocycles. The molecule has 0 heterocycles. The summed E-state index contributed by atoms with van der Waals surface area (Å²) in [6, 6.07) is 23.6. The van der Waals surface area contributed by atoms with Crippen molar-refractivity contribution in [3.63, 3.8) is 0 Å². The first-order valence-electron chi connectivity index (χ1n) is 11.5. The molecule has 0 radical (unpaired) electrons. The van der Waals surface area contributed by atoms with Crippen molar-refractivity contribution in [1.29, 1.82) is 0 Å². The van der Waals surface area contributed by atoms with E-state index in [0.29, 0.717) is 17.8 Å². The minimum Gasteiger partial charge on any atom is -0.355 e. The summed E-state index contributed by atoms with van der Waals surface area (Å²) in [5.74, 6) is -0.777. The molecular formula is C27H31N3O4S. The van der Waals surface area contributed by atoms with Gasteiger partial charge in [0.05, 0.1) is 10.6 Å². The van der Waals surface area contributed by atoms with E-state index in [4.69, 9.17) is 0 Å². The lowest BCUT2D eigenvalue weighted by Gasteiger charge is -2.32. The summed E-state index contributed by atoms with van der Waals surface area (Å²) in [7, 11) is -4.05. The molecule has 35 heavy (non-hydrogen) atoms. The highest BCUT2D eigenvalue weighted by molar-refractivity contribution is 7.92. The minimum atomic E-state index is -4.05. The van der Waals surface area contributed by atoms with Gasteiger partial charge in [0.2, 0.25) is 11.8 Å². The van der Waals surface area contributed by atoms with E-state index in [0.717, 1.165) is 9.87 Å². The van der Waals surface area contributed by atoms with Gasteiger partial charge in [-0.15, -0.1) is 0 Å². The number of carbonyl (C=O) groups excluding carboxylic acids is 2. The average Bonchev–Trinajstić information content (AvgIpc) is 2.87. The molecule has 1 atom stereocenters. The van der Waals surface area contributed by atoms with Crippen LogP contribution in [0.1, 0.15) is 25.0 Å². The van der Waals surface area contributed by atoms with Gasteiger partial charge in [0, 0.05) is 13.1 Å². The van der Waals surface area contributed by atoms with Crippen LogP contribution in [-0.4, -0.2) is 44.3 Å². The van der Waals surface area contributed by atoms with E-state index in [1.165, 1.54) is 17.0 Å². The van der Waals surface area contributed by atoms with Crippen molar-refractivity contribution < 1.29 is 18.0 Å². The van der Waals surface area contributed by atoms with E-state index in [1.54, 1.807) is 57.2 Å². The van der Waals surface area contributed by atoms with Crippen molar-refractivity contribution in [2.45, 2.75) is 38.3 Å². The van der Waals surface area contributed by atoms with Crippen LogP contribution in [-0.2, 0) is 26.2 Å². The predicted molar refractivity (Wildman–Crippen MR) is 137 cm³/mol. The summed E-state index contributed by atoms with van der Waals surface area (Å²) in [6.07, 6.45) is 0. The molecule has 0 saturated heterocycles. The number of aryl methyl sites for hydroxylation is 1. The number of amides is 2. The van der Waals surface area contributed by atoms with Crippen LogP contribution in [0.25, 0.3) is 0 Å². The Balaban J connectivity index is 2.02. The maximum Gasteiger partial charge on any atom is 0.264 e. The van der Waals surface area contributed by atoms with Gasteiger partial charge in [-0.05, 0) is 50.1 Å². The molecule has 7 nitrogen and oxygen atoms in total. The maximum atomic E-state index is 13.7. The van der Waals surface area contributed by atoms with Crippen molar-refractivity contribution in [3.8, 4) is 0 Å². The minimum absolute atomic E-state index is 0.0856. The van der Waals surface area contributed by atoms with Crippen LogP contribution in [0, 0.1) is 6.92 Å². The molecule has 3 rings (SSSR count). The summed E-state index contributed by atoms with van der Waals surface area (Å²) in [6.45, 7) is 5.40. The summed E-state index contributed by atoms with van der Waals surface area (Å²) < 4.78 is 28.5. The van der Waals surface area contributed by atoms with Gasteiger partial charge in [0.15, 0.2) is 0 Å². The summed E-state index contributed by atoms with van der Waals surface area (Å²) in [5, 5.41) is 2.75. The number of benzene rings is 3. The third kappa shape index (κ3) is 6.27. The summed E-state index contributed by atoms with van der Waals surface area (Å²) in [4.78, 5) is 27.9. The van der Waals surface area contributed by atoms with Crippen LogP contribution in [0.5, 0.6) is 0 Å².